The maximum absolute atomic E-state index is 10.9. The Morgan fingerprint density at radius 1 is 0.962 bits per heavy atom. The third-order valence-corrected chi connectivity index (χ3v) is 4.42. The zero-order valence-corrected chi connectivity index (χ0v) is 15.0. The number of nitrogens with zero attached hydrogens (tertiary/aromatic N) is 2. The SMILES string of the molecule is CC(C)c1ccc(-c2nccc(CCc3ccc(C(=O)O)cc3)n2)cc1. The molecule has 0 radical (unpaired) electrons. The molecular weight excluding hydrogens is 324 g/mol. The van der Waals surface area contributed by atoms with Crippen molar-refractivity contribution in [3.8, 4) is 11.4 Å². The van der Waals surface area contributed by atoms with Crippen molar-refractivity contribution >= 4 is 5.97 Å². The minimum absolute atomic E-state index is 0.308. The fraction of sp³-hybridized carbons (Fsp3) is 0.227. The van der Waals surface area contributed by atoms with E-state index in [9.17, 15) is 4.79 Å². The molecule has 2 aromatic carbocycles. The molecule has 1 aromatic heterocycles. The zero-order chi connectivity index (χ0) is 18.5. The standard InChI is InChI=1S/C22H22N2O2/c1-15(2)17-8-10-18(11-9-17)21-23-14-13-20(24-21)12-5-16-3-6-19(7-4-16)22(25)26/h3-4,6-11,13-15H,5,12H2,1-2H3,(H,25,26). The number of aromatic nitrogens is 2. The molecule has 3 rings (SSSR count). The van der Waals surface area contributed by atoms with Crippen LogP contribution in [0.1, 0.15) is 46.9 Å². The van der Waals surface area contributed by atoms with E-state index in [1.807, 2.05) is 18.2 Å². The van der Waals surface area contributed by atoms with Gasteiger partial charge in [0.2, 0.25) is 0 Å². The molecule has 0 spiro atoms. The lowest BCUT2D eigenvalue weighted by molar-refractivity contribution is 0.0697. The van der Waals surface area contributed by atoms with Gasteiger partial charge in [-0.05, 0) is 48.1 Å². The van der Waals surface area contributed by atoms with Gasteiger partial charge >= 0.3 is 5.97 Å². The molecule has 1 heterocycles. The minimum atomic E-state index is -0.902. The molecule has 1 N–H and O–H groups in total. The number of carbonyl (C=O) groups is 1. The van der Waals surface area contributed by atoms with Crippen LogP contribution in [-0.4, -0.2) is 21.0 Å². The van der Waals surface area contributed by atoms with Crippen LogP contribution >= 0.6 is 0 Å². The van der Waals surface area contributed by atoms with Gasteiger partial charge in [0.25, 0.3) is 0 Å². The van der Waals surface area contributed by atoms with Crippen molar-refractivity contribution < 1.29 is 9.90 Å². The molecule has 0 fully saturated rings. The number of benzene rings is 2. The summed E-state index contributed by atoms with van der Waals surface area (Å²) < 4.78 is 0. The fourth-order valence-corrected chi connectivity index (χ4v) is 2.78. The predicted octanol–water partition coefficient (Wildman–Crippen LogP) is 4.75. The quantitative estimate of drug-likeness (QED) is 0.699. The van der Waals surface area contributed by atoms with Crippen molar-refractivity contribution in [2.24, 2.45) is 0 Å². The summed E-state index contributed by atoms with van der Waals surface area (Å²) in [5, 5.41) is 8.95. The lowest BCUT2D eigenvalue weighted by Gasteiger charge is -2.07. The van der Waals surface area contributed by atoms with Crippen LogP contribution in [0.2, 0.25) is 0 Å². The van der Waals surface area contributed by atoms with Gasteiger partial charge in [-0.3, -0.25) is 0 Å². The van der Waals surface area contributed by atoms with Crippen LogP contribution in [0.4, 0.5) is 0 Å². The summed E-state index contributed by atoms with van der Waals surface area (Å²) in [6.45, 7) is 4.35. The lowest BCUT2D eigenvalue weighted by atomic mass is 10.0. The number of carboxylic acid groups (broad SMARTS) is 1. The Kier molecular flexibility index (Phi) is 5.42. The van der Waals surface area contributed by atoms with Crippen molar-refractivity contribution in [3.63, 3.8) is 0 Å². The molecule has 132 valence electrons. The average Bonchev–Trinajstić information content (AvgIpc) is 2.67. The monoisotopic (exact) mass is 346 g/mol. The van der Waals surface area contributed by atoms with Crippen LogP contribution in [0, 0.1) is 0 Å². The summed E-state index contributed by atoms with van der Waals surface area (Å²) in [6, 6.07) is 17.3. The topological polar surface area (TPSA) is 63.1 Å². The second-order valence-electron chi connectivity index (χ2n) is 6.65. The first kappa shape index (κ1) is 17.8. The third kappa shape index (κ3) is 4.33. The van der Waals surface area contributed by atoms with Gasteiger partial charge < -0.3 is 5.11 Å². The van der Waals surface area contributed by atoms with Gasteiger partial charge in [-0.2, -0.15) is 0 Å². The average molecular weight is 346 g/mol. The molecule has 0 unspecified atom stereocenters. The van der Waals surface area contributed by atoms with Crippen LogP contribution in [-0.2, 0) is 12.8 Å². The number of hydrogen-bond donors (Lipinski definition) is 1. The first-order chi connectivity index (χ1) is 12.5. The zero-order valence-electron chi connectivity index (χ0n) is 15.0. The van der Waals surface area contributed by atoms with Crippen molar-refractivity contribution in [3.05, 3.63) is 83.2 Å². The molecule has 0 atom stereocenters. The largest absolute Gasteiger partial charge is 0.478 e. The van der Waals surface area contributed by atoms with Crippen molar-refractivity contribution in [2.75, 3.05) is 0 Å². The molecule has 3 aromatic rings. The highest BCUT2D eigenvalue weighted by Crippen LogP contribution is 2.20. The Bertz CT molecular complexity index is 885. The summed E-state index contributed by atoms with van der Waals surface area (Å²) >= 11 is 0. The van der Waals surface area contributed by atoms with Gasteiger partial charge in [-0.15, -0.1) is 0 Å². The second kappa shape index (κ2) is 7.91. The normalized spacial score (nSPS) is 10.9. The van der Waals surface area contributed by atoms with E-state index < -0.39 is 5.97 Å². The van der Waals surface area contributed by atoms with Crippen LogP contribution in [0.3, 0.4) is 0 Å². The highest BCUT2D eigenvalue weighted by Gasteiger charge is 2.06. The van der Waals surface area contributed by atoms with Crippen LogP contribution in [0.15, 0.2) is 60.8 Å². The number of aryl methyl sites for hydroxylation is 2. The Balaban J connectivity index is 1.70. The summed E-state index contributed by atoms with van der Waals surface area (Å²) in [6.07, 6.45) is 3.39. The second-order valence-corrected chi connectivity index (χ2v) is 6.65. The highest BCUT2D eigenvalue weighted by molar-refractivity contribution is 5.87. The highest BCUT2D eigenvalue weighted by atomic mass is 16.4. The van der Waals surface area contributed by atoms with E-state index in [0.29, 0.717) is 11.5 Å². The molecule has 4 nitrogen and oxygen atoms in total. The van der Waals surface area contributed by atoms with Crippen molar-refractivity contribution in [2.45, 2.75) is 32.6 Å². The molecule has 0 saturated carbocycles. The van der Waals surface area contributed by atoms with Gasteiger partial charge in [0.05, 0.1) is 5.56 Å². The molecule has 4 heteroatoms. The summed E-state index contributed by atoms with van der Waals surface area (Å²) in [7, 11) is 0. The molecule has 26 heavy (non-hydrogen) atoms. The Hall–Kier alpha value is -3.01. The van der Waals surface area contributed by atoms with E-state index in [1.165, 1.54) is 5.56 Å². The number of carboxylic acids is 1. The van der Waals surface area contributed by atoms with Gasteiger partial charge in [0, 0.05) is 17.5 Å². The molecule has 0 aliphatic heterocycles. The molecule has 0 aliphatic rings. The van der Waals surface area contributed by atoms with Crippen LogP contribution < -0.4 is 0 Å². The number of hydrogen-bond acceptors (Lipinski definition) is 3. The first-order valence-electron chi connectivity index (χ1n) is 8.77. The third-order valence-electron chi connectivity index (χ3n) is 4.42. The Morgan fingerprint density at radius 2 is 1.65 bits per heavy atom. The molecule has 0 saturated heterocycles. The summed E-state index contributed by atoms with van der Waals surface area (Å²) in [4.78, 5) is 20.0. The van der Waals surface area contributed by atoms with Crippen LogP contribution in [0.5, 0.6) is 0 Å². The van der Waals surface area contributed by atoms with E-state index >= 15 is 0 Å². The number of rotatable bonds is 6. The maximum Gasteiger partial charge on any atom is 0.335 e. The predicted molar refractivity (Wildman–Crippen MR) is 102 cm³/mol. The van der Waals surface area contributed by atoms with E-state index in [-0.39, 0.29) is 0 Å². The summed E-state index contributed by atoms with van der Waals surface area (Å²) in [5.41, 5.74) is 4.70. The lowest BCUT2D eigenvalue weighted by Crippen LogP contribution is -1.99. The molecule has 0 bridgehead atoms. The first-order valence-corrected chi connectivity index (χ1v) is 8.77. The van der Waals surface area contributed by atoms with E-state index in [1.54, 1.807) is 18.3 Å². The van der Waals surface area contributed by atoms with Crippen LogP contribution in [0.25, 0.3) is 11.4 Å². The minimum Gasteiger partial charge on any atom is -0.478 e. The van der Waals surface area contributed by atoms with E-state index in [2.05, 4.69) is 48.1 Å². The van der Waals surface area contributed by atoms with Crippen molar-refractivity contribution in [1.29, 1.82) is 0 Å². The molecule has 0 aliphatic carbocycles. The van der Waals surface area contributed by atoms with E-state index in [0.717, 1.165) is 35.5 Å². The van der Waals surface area contributed by atoms with Gasteiger partial charge in [0.15, 0.2) is 5.82 Å². The summed E-state index contributed by atoms with van der Waals surface area (Å²) in [5.74, 6) is 0.336. The molecular formula is C22H22N2O2. The maximum atomic E-state index is 10.9. The Morgan fingerprint density at radius 3 is 2.27 bits per heavy atom. The molecule has 0 amide bonds. The van der Waals surface area contributed by atoms with Gasteiger partial charge in [0.1, 0.15) is 0 Å². The fourth-order valence-electron chi connectivity index (χ4n) is 2.78. The van der Waals surface area contributed by atoms with Crippen molar-refractivity contribution in [1.82, 2.24) is 9.97 Å². The Labute approximate surface area is 153 Å². The van der Waals surface area contributed by atoms with Gasteiger partial charge in [-0.25, -0.2) is 14.8 Å². The smallest absolute Gasteiger partial charge is 0.335 e. The number of aromatic carboxylic acids is 1. The van der Waals surface area contributed by atoms with E-state index in [4.69, 9.17) is 5.11 Å². The van der Waals surface area contributed by atoms with Gasteiger partial charge in [-0.1, -0.05) is 50.2 Å².